The van der Waals surface area contributed by atoms with Gasteiger partial charge in [-0.15, -0.1) is 11.3 Å². The van der Waals surface area contributed by atoms with Gasteiger partial charge in [-0.1, -0.05) is 0 Å². The van der Waals surface area contributed by atoms with Crippen LogP contribution in [0, 0.1) is 6.92 Å². The Bertz CT molecular complexity index is 1170. The van der Waals surface area contributed by atoms with E-state index >= 15 is 0 Å². The van der Waals surface area contributed by atoms with E-state index in [1.54, 1.807) is 24.5 Å². The highest BCUT2D eigenvalue weighted by atomic mass is 32.1. The van der Waals surface area contributed by atoms with Gasteiger partial charge >= 0.3 is 0 Å². The molecule has 0 unspecified atom stereocenters. The highest BCUT2D eigenvalue weighted by Crippen LogP contribution is 2.24. The van der Waals surface area contributed by atoms with E-state index in [9.17, 15) is 9.59 Å². The van der Waals surface area contributed by atoms with E-state index in [-0.39, 0.29) is 18.0 Å². The summed E-state index contributed by atoms with van der Waals surface area (Å²) in [7, 11) is 1.71. The van der Waals surface area contributed by atoms with Crippen molar-refractivity contribution in [2.75, 3.05) is 5.32 Å². The molecule has 0 aliphatic carbocycles. The number of carbonyl (C=O) groups is 1. The van der Waals surface area contributed by atoms with Crippen LogP contribution in [0.15, 0.2) is 35.5 Å². The number of aromatic nitrogens is 5. The fourth-order valence-corrected chi connectivity index (χ4v) is 3.52. The number of aryl methyl sites for hydroxylation is 2. The number of rotatable bonds is 3. The van der Waals surface area contributed by atoms with Crippen LogP contribution < -0.4 is 10.9 Å². The van der Waals surface area contributed by atoms with Crippen LogP contribution in [-0.2, 0) is 18.4 Å². The molecule has 4 rings (SSSR count). The Morgan fingerprint density at radius 2 is 2.20 bits per heavy atom. The first-order valence-electron chi connectivity index (χ1n) is 7.55. The number of carbonyl (C=O) groups excluding carboxylic acids is 1. The van der Waals surface area contributed by atoms with Crippen molar-refractivity contribution in [1.29, 1.82) is 0 Å². The average molecular weight is 354 g/mol. The van der Waals surface area contributed by atoms with E-state index in [0.29, 0.717) is 16.7 Å². The van der Waals surface area contributed by atoms with Crippen LogP contribution in [0.1, 0.15) is 5.01 Å². The maximum absolute atomic E-state index is 12.4. The SMILES string of the molecule is Cc1nc2ccc(NC(=O)Cn3cnc4c(cnn4C)c3=O)cc2s1. The molecule has 1 N–H and O–H groups in total. The normalized spacial score (nSPS) is 11.3. The second-order valence-electron chi connectivity index (χ2n) is 5.65. The summed E-state index contributed by atoms with van der Waals surface area (Å²) in [4.78, 5) is 33.2. The number of nitrogens with one attached hydrogen (secondary N) is 1. The third-order valence-electron chi connectivity index (χ3n) is 3.81. The highest BCUT2D eigenvalue weighted by molar-refractivity contribution is 7.18. The van der Waals surface area contributed by atoms with Crippen molar-refractivity contribution >= 4 is 44.2 Å². The molecule has 0 saturated carbocycles. The Hall–Kier alpha value is -3.07. The molecule has 1 amide bonds. The van der Waals surface area contributed by atoms with Gasteiger partial charge in [-0.05, 0) is 25.1 Å². The lowest BCUT2D eigenvalue weighted by molar-refractivity contribution is -0.116. The molecule has 0 atom stereocenters. The monoisotopic (exact) mass is 354 g/mol. The predicted molar refractivity (Wildman–Crippen MR) is 95.8 cm³/mol. The summed E-state index contributed by atoms with van der Waals surface area (Å²) in [6.07, 6.45) is 2.82. The molecule has 3 aromatic heterocycles. The summed E-state index contributed by atoms with van der Waals surface area (Å²) in [6, 6.07) is 5.54. The predicted octanol–water partition coefficient (Wildman–Crippen LogP) is 1.69. The molecular weight excluding hydrogens is 340 g/mol. The molecule has 0 radical (unpaired) electrons. The van der Waals surface area contributed by atoms with Gasteiger partial charge in [0.1, 0.15) is 18.3 Å². The summed E-state index contributed by atoms with van der Waals surface area (Å²) in [6.45, 7) is 1.83. The van der Waals surface area contributed by atoms with Gasteiger partial charge in [0.25, 0.3) is 5.56 Å². The molecule has 25 heavy (non-hydrogen) atoms. The average Bonchev–Trinajstić information content (AvgIpc) is 3.12. The maximum Gasteiger partial charge on any atom is 0.264 e. The lowest BCUT2D eigenvalue weighted by Crippen LogP contribution is -2.27. The van der Waals surface area contributed by atoms with Gasteiger partial charge in [0.05, 0.1) is 21.4 Å². The smallest absolute Gasteiger partial charge is 0.264 e. The Kier molecular flexibility index (Phi) is 3.57. The first-order chi connectivity index (χ1) is 12.0. The number of fused-ring (bicyclic) bond motifs is 2. The third kappa shape index (κ3) is 2.78. The zero-order valence-corrected chi connectivity index (χ0v) is 14.4. The second-order valence-corrected chi connectivity index (χ2v) is 6.88. The lowest BCUT2D eigenvalue weighted by atomic mass is 10.3. The van der Waals surface area contributed by atoms with Crippen molar-refractivity contribution in [3.63, 3.8) is 0 Å². The Morgan fingerprint density at radius 3 is 3.04 bits per heavy atom. The number of anilines is 1. The van der Waals surface area contributed by atoms with Gasteiger partial charge in [0.2, 0.25) is 5.91 Å². The molecule has 3 heterocycles. The number of benzene rings is 1. The zero-order valence-electron chi connectivity index (χ0n) is 13.6. The van der Waals surface area contributed by atoms with Crippen LogP contribution >= 0.6 is 11.3 Å². The fraction of sp³-hybridized carbons (Fsp3) is 0.188. The summed E-state index contributed by atoms with van der Waals surface area (Å²) in [5, 5.41) is 8.18. The van der Waals surface area contributed by atoms with Crippen LogP contribution in [0.2, 0.25) is 0 Å². The van der Waals surface area contributed by atoms with Gasteiger partial charge in [-0.25, -0.2) is 9.97 Å². The van der Waals surface area contributed by atoms with Crippen LogP contribution in [0.5, 0.6) is 0 Å². The molecule has 0 aliphatic heterocycles. The fourth-order valence-electron chi connectivity index (χ4n) is 2.65. The minimum Gasteiger partial charge on any atom is -0.324 e. The Morgan fingerprint density at radius 1 is 1.36 bits per heavy atom. The van der Waals surface area contributed by atoms with E-state index in [1.807, 2.05) is 19.1 Å². The second kappa shape index (κ2) is 5.78. The topological polar surface area (TPSA) is 94.7 Å². The first kappa shape index (κ1) is 15.5. The van der Waals surface area contributed by atoms with Crippen molar-refractivity contribution in [3.8, 4) is 0 Å². The van der Waals surface area contributed by atoms with E-state index < -0.39 is 0 Å². The molecule has 126 valence electrons. The summed E-state index contributed by atoms with van der Waals surface area (Å²) >= 11 is 1.57. The van der Waals surface area contributed by atoms with E-state index in [4.69, 9.17) is 0 Å². The lowest BCUT2D eigenvalue weighted by Gasteiger charge is -2.07. The molecule has 0 saturated heterocycles. The first-order valence-corrected chi connectivity index (χ1v) is 8.37. The number of thiazole rings is 1. The number of nitrogens with zero attached hydrogens (tertiary/aromatic N) is 5. The summed E-state index contributed by atoms with van der Waals surface area (Å²) in [5.74, 6) is -0.298. The van der Waals surface area contributed by atoms with Crippen molar-refractivity contribution < 1.29 is 4.79 Å². The number of hydrogen-bond acceptors (Lipinski definition) is 6. The van der Waals surface area contributed by atoms with Gasteiger partial charge in [-0.2, -0.15) is 5.10 Å². The van der Waals surface area contributed by atoms with Gasteiger partial charge in [0, 0.05) is 12.7 Å². The quantitative estimate of drug-likeness (QED) is 0.604. The Balaban J connectivity index is 1.57. The van der Waals surface area contributed by atoms with Crippen molar-refractivity contribution in [3.05, 3.63) is 46.1 Å². The summed E-state index contributed by atoms with van der Waals surface area (Å²) < 4.78 is 3.80. The van der Waals surface area contributed by atoms with Gasteiger partial charge < -0.3 is 5.32 Å². The molecule has 0 spiro atoms. The van der Waals surface area contributed by atoms with Crippen LogP contribution in [0.25, 0.3) is 21.3 Å². The molecule has 0 aliphatic rings. The van der Waals surface area contributed by atoms with E-state index in [0.717, 1.165) is 15.2 Å². The molecule has 9 heteroatoms. The largest absolute Gasteiger partial charge is 0.324 e. The minimum atomic E-state index is -0.298. The molecule has 8 nitrogen and oxygen atoms in total. The number of hydrogen-bond donors (Lipinski definition) is 1. The Labute approximate surface area is 145 Å². The van der Waals surface area contributed by atoms with Crippen LogP contribution in [0.3, 0.4) is 0 Å². The minimum absolute atomic E-state index is 0.115. The standard InChI is InChI=1S/C16H14N6O2S/c1-9-19-12-4-3-10(5-13(12)25-9)20-14(23)7-22-8-17-15-11(16(22)24)6-18-21(15)2/h3-6,8H,7H2,1-2H3,(H,20,23). The van der Waals surface area contributed by atoms with Crippen LogP contribution in [0.4, 0.5) is 5.69 Å². The molecule has 0 bridgehead atoms. The molecule has 1 aromatic carbocycles. The number of amides is 1. The maximum atomic E-state index is 12.4. The van der Waals surface area contributed by atoms with Crippen molar-refractivity contribution in [2.24, 2.45) is 7.05 Å². The van der Waals surface area contributed by atoms with Gasteiger partial charge in [-0.3, -0.25) is 18.8 Å². The van der Waals surface area contributed by atoms with E-state index in [1.165, 1.54) is 21.8 Å². The zero-order chi connectivity index (χ0) is 17.6. The third-order valence-corrected chi connectivity index (χ3v) is 4.74. The molecular formula is C16H14N6O2S. The molecule has 0 fully saturated rings. The van der Waals surface area contributed by atoms with Crippen LogP contribution in [-0.4, -0.2) is 30.2 Å². The van der Waals surface area contributed by atoms with Crippen molar-refractivity contribution in [2.45, 2.75) is 13.5 Å². The highest BCUT2D eigenvalue weighted by Gasteiger charge is 2.11. The van der Waals surface area contributed by atoms with Crippen molar-refractivity contribution in [1.82, 2.24) is 24.3 Å². The van der Waals surface area contributed by atoms with E-state index in [2.05, 4.69) is 20.4 Å². The summed E-state index contributed by atoms with van der Waals surface area (Å²) in [5.41, 5.74) is 1.78. The van der Waals surface area contributed by atoms with Gasteiger partial charge in [0.15, 0.2) is 5.65 Å². The molecule has 4 aromatic rings.